The van der Waals surface area contributed by atoms with E-state index in [0.29, 0.717) is 18.1 Å². The Bertz CT molecular complexity index is 474. The first kappa shape index (κ1) is 13.8. The number of rotatable bonds is 5. The third kappa shape index (κ3) is 3.47. The monoisotopic (exact) mass is 272 g/mol. The maximum atomic E-state index is 12.0. The molecule has 0 atom stereocenters. The van der Waals surface area contributed by atoms with Crippen LogP contribution in [0.5, 0.6) is 0 Å². The average molecular weight is 272 g/mol. The van der Waals surface area contributed by atoms with Crippen LogP contribution in [-0.4, -0.2) is 48.8 Å². The Kier molecular flexibility index (Phi) is 4.18. The Labute approximate surface area is 121 Å². The number of ketones is 1. The summed E-state index contributed by atoms with van der Waals surface area (Å²) in [5.41, 5.74) is 2.58. The van der Waals surface area contributed by atoms with Gasteiger partial charge in [-0.3, -0.25) is 9.69 Å². The molecule has 3 heteroatoms. The highest BCUT2D eigenvalue weighted by Crippen LogP contribution is 2.31. The van der Waals surface area contributed by atoms with E-state index in [9.17, 15) is 4.79 Å². The highest BCUT2D eigenvalue weighted by Gasteiger charge is 2.29. The van der Waals surface area contributed by atoms with Crippen LogP contribution in [0.3, 0.4) is 0 Å². The van der Waals surface area contributed by atoms with Crippen LogP contribution in [0.1, 0.15) is 24.0 Å². The first-order valence-electron chi connectivity index (χ1n) is 7.73. The topological polar surface area (TPSA) is 23.6 Å². The molecule has 3 nitrogen and oxygen atoms in total. The fraction of sp³-hybridized carbons (Fsp3) is 0.588. The molecule has 1 aliphatic carbocycles. The van der Waals surface area contributed by atoms with E-state index in [1.54, 1.807) is 0 Å². The lowest BCUT2D eigenvalue weighted by atomic mass is 10.00. The summed E-state index contributed by atoms with van der Waals surface area (Å²) in [5.74, 6) is 0.808. The molecule has 0 bridgehead atoms. The van der Waals surface area contributed by atoms with Crippen molar-refractivity contribution in [3.8, 4) is 0 Å². The van der Waals surface area contributed by atoms with Crippen LogP contribution in [0.25, 0.3) is 0 Å². The summed E-state index contributed by atoms with van der Waals surface area (Å²) < 4.78 is 0. The molecule has 1 saturated heterocycles. The maximum absolute atomic E-state index is 12.0. The van der Waals surface area contributed by atoms with Crippen LogP contribution < -0.4 is 0 Å². The van der Waals surface area contributed by atoms with Gasteiger partial charge in [-0.1, -0.05) is 24.3 Å². The number of Topliss-reactive ketones (excluding diaryl/α,β-unsaturated/α-hetero) is 1. The summed E-state index contributed by atoms with van der Waals surface area (Å²) in [7, 11) is 2.18. The van der Waals surface area contributed by atoms with E-state index >= 15 is 0 Å². The molecule has 3 rings (SSSR count). The fourth-order valence-corrected chi connectivity index (χ4v) is 2.87. The minimum Gasteiger partial charge on any atom is -0.304 e. The summed E-state index contributed by atoms with van der Waals surface area (Å²) in [6.45, 7) is 5.52. The third-order valence-electron chi connectivity index (χ3n) is 4.51. The Balaban J connectivity index is 1.64. The molecule has 1 saturated carbocycles. The molecule has 0 spiro atoms. The van der Waals surface area contributed by atoms with E-state index in [2.05, 4.69) is 41.1 Å². The van der Waals surface area contributed by atoms with Gasteiger partial charge in [0.05, 0.1) is 0 Å². The van der Waals surface area contributed by atoms with Gasteiger partial charge in [0.1, 0.15) is 5.78 Å². The number of hydrogen-bond donors (Lipinski definition) is 0. The predicted octanol–water partition coefficient (Wildman–Crippen LogP) is 1.96. The summed E-state index contributed by atoms with van der Waals surface area (Å²) in [6, 6.07) is 8.47. The van der Waals surface area contributed by atoms with Gasteiger partial charge in [0.25, 0.3) is 0 Å². The smallest absolute Gasteiger partial charge is 0.140 e. The van der Waals surface area contributed by atoms with Crippen LogP contribution in [0.2, 0.25) is 0 Å². The molecule has 2 aliphatic rings. The van der Waals surface area contributed by atoms with Crippen molar-refractivity contribution in [1.82, 2.24) is 9.80 Å². The molecule has 0 unspecified atom stereocenters. The van der Waals surface area contributed by atoms with Gasteiger partial charge in [-0.25, -0.2) is 0 Å². The molecule has 1 aromatic carbocycles. The highest BCUT2D eigenvalue weighted by molar-refractivity contribution is 5.85. The zero-order valence-corrected chi connectivity index (χ0v) is 12.3. The molecule has 1 heterocycles. The molecule has 1 aliphatic heterocycles. The minimum absolute atomic E-state index is 0.367. The number of piperazine rings is 1. The molecule has 1 aromatic rings. The van der Waals surface area contributed by atoms with E-state index in [1.165, 1.54) is 11.1 Å². The predicted molar refractivity (Wildman–Crippen MR) is 80.7 cm³/mol. The molecule has 20 heavy (non-hydrogen) atoms. The number of likely N-dealkylation sites (N-methyl/N-ethyl adjacent to an activating group) is 1. The van der Waals surface area contributed by atoms with Gasteiger partial charge in [-0.15, -0.1) is 0 Å². The van der Waals surface area contributed by atoms with E-state index in [-0.39, 0.29) is 0 Å². The molecular weight excluding hydrogens is 248 g/mol. The normalized spacial score (nSPS) is 21.1. The molecule has 0 aromatic heterocycles. The second-order valence-corrected chi connectivity index (χ2v) is 6.27. The van der Waals surface area contributed by atoms with Gasteiger partial charge in [0.2, 0.25) is 0 Å². The van der Waals surface area contributed by atoms with Crippen molar-refractivity contribution in [3.05, 3.63) is 35.4 Å². The van der Waals surface area contributed by atoms with E-state index in [4.69, 9.17) is 0 Å². The zero-order chi connectivity index (χ0) is 13.9. The number of carbonyl (C=O) groups is 1. The van der Waals surface area contributed by atoms with Crippen molar-refractivity contribution >= 4 is 5.78 Å². The van der Waals surface area contributed by atoms with Crippen molar-refractivity contribution in [2.45, 2.75) is 25.8 Å². The largest absolute Gasteiger partial charge is 0.304 e. The van der Waals surface area contributed by atoms with Crippen molar-refractivity contribution in [3.63, 3.8) is 0 Å². The Morgan fingerprint density at radius 1 is 1.10 bits per heavy atom. The van der Waals surface area contributed by atoms with Crippen molar-refractivity contribution < 1.29 is 4.79 Å². The minimum atomic E-state index is 0.367. The maximum Gasteiger partial charge on any atom is 0.140 e. The van der Waals surface area contributed by atoms with Crippen LogP contribution in [0, 0.1) is 5.92 Å². The first-order valence-corrected chi connectivity index (χ1v) is 7.73. The summed E-state index contributed by atoms with van der Waals surface area (Å²) >= 11 is 0. The van der Waals surface area contributed by atoms with Gasteiger partial charge in [0.15, 0.2) is 0 Å². The van der Waals surface area contributed by atoms with Crippen LogP contribution in [-0.2, 0) is 17.8 Å². The second kappa shape index (κ2) is 6.06. The Hall–Kier alpha value is -1.19. The highest BCUT2D eigenvalue weighted by atomic mass is 16.1. The molecule has 0 radical (unpaired) electrons. The fourth-order valence-electron chi connectivity index (χ4n) is 2.87. The zero-order valence-electron chi connectivity index (χ0n) is 12.3. The van der Waals surface area contributed by atoms with Gasteiger partial charge >= 0.3 is 0 Å². The number of carbonyl (C=O) groups excluding carboxylic acids is 1. The lowest BCUT2D eigenvalue weighted by Gasteiger charge is -2.32. The van der Waals surface area contributed by atoms with Crippen molar-refractivity contribution in [2.75, 3.05) is 33.2 Å². The molecule has 2 fully saturated rings. The quantitative estimate of drug-likeness (QED) is 0.818. The molecule has 0 amide bonds. The van der Waals surface area contributed by atoms with Gasteiger partial charge in [-0.2, -0.15) is 0 Å². The Morgan fingerprint density at radius 2 is 1.75 bits per heavy atom. The van der Waals surface area contributed by atoms with Crippen LogP contribution in [0.15, 0.2) is 24.3 Å². The molecular formula is C17H24N2O. The van der Waals surface area contributed by atoms with Crippen LogP contribution >= 0.6 is 0 Å². The molecule has 0 N–H and O–H groups in total. The summed E-state index contributed by atoms with van der Waals surface area (Å²) in [5, 5.41) is 0. The van der Waals surface area contributed by atoms with E-state index < -0.39 is 0 Å². The summed E-state index contributed by atoms with van der Waals surface area (Å²) in [6.07, 6.45) is 2.85. The number of benzene rings is 1. The van der Waals surface area contributed by atoms with Gasteiger partial charge in [-0.05, 0) is 31.0 Å². The lowest BCUT2D eigenvalue weighted by Crippen LogP contribution is -2.44. The standard InChI is InChI=1S/C17H24N2O/c1-18-8-10-19(11-9-18)13-16-5-3-2-4-15(16)12-17(20)14-6-7-14/h2-5,14H,6-13H2,1H3. The molecule has 108 valence electrons. The number of hydrogen-bond acceptors (Lipinski definition) is 3. The third-order valence-corrected chi connectivity index (χ3v) is 4.51. The number of nitrogens with zero attached hydrogens (tertiary/aromatic N) is 2. The van der Waals surface area contributed by atoms with E-state index in [0.717, 1.165) is 45.6 Å². The van der Waals surface area contributed by atoms with Crippen molar-refractivity contribution in [2.24, 2.45) is 5.92 Å². The SMILES string of the molecule is CN1CCN(Cc2ccccc2CC(=O)C2CC2)CC1. The van der Waals surface area contributed by atoms with Crippen molar-refractivity contribution in [1.29, 1.82) is 0 Å². The Morgan fingerprint density at radius 3 is 2.40 bits per heavy atom. The average Bonchev–Trinajstić information content (AvgIpc) is 3.28. The van der Waals surface area contributed by atoms with Crippen LogP contribution in [0.4, 0.5) is 0 Å². The summed E-state index contributed by atoms with van der Waals surface area (Å²) in [4.78, 5) is 16.9. The lowest BCUT2D eigenvalue weighted by molar-refractivity contribution is -0.119. The second-order valence-electron chi connectivity index (χ2n) is 6.27. The van der Waals surface area contributed by atoms with Gasteiger partial charge in [0, 0.05) is 45.1 Å². The van der Waals surface area contributed by atoms with Gasteiger partial charge < -0.3 is 4.90 Å². The van der Waals surface area contributed by atoms with E-state index in [1.807, 2.05) is 0 Å². The first-order chi connectivity index (χ1) is 9.72.